The molecule has 1 aliphatic rings. The molecule has 1 fully saturated rings. The van der Waals surface area contributed by atoms with Crippen molar-refractivity contribution in [3.8, 4) is 0 Å². The van der Waals surface area contributed by atoms with Gasteiger partial charge in [-0.2, -0.15) is 0 Å². The highest BCUT2D eigenvalue weighted by Crippen LogP contribution is 2.13. The Bertz CT molecular complexity index is 137. The van der Waals surface area contributed by atoms with E-state index in [1.807, 2.05) is 0 Å². The van der Waals surface area contributed by atoms with Crippen LogP contribution in [0.25, 0.3) is 0 Å². The highest BCUT2D eigenvalue weighted by molar-refractivity contribution is 4.68. The molecule has 0 saturated carbocycles. The summed E-state index contributed by atoms with van der Waals surface area (Å²) in [5, 5.41) is 20.9. The van der Waals surface area contributed by atoms with Crippen LogP contribution in [0.2, 0.25) is 0 Å². The van der Waals surface area contributed by atoms with Crippen LogP contribution in [0.1, 0.15) is 19.3 Å². The van der Waals surface area contributed by atoms with Crippen LogP contribution in [0.3, 0.4) is 0 Å². The van der Waals surface area contributed by atoms with Crippen LogP contribution >= 0.6 is 0 Å². The number of aliphatic hydroxyl groups is 2. The lowest BCUT2D eigenvalue weighted by molar-refractivity contribution is 0.00216. The summed E-state index contributed by atoms with van der Waals surface area (Å²) in [6, 6.07) is 0. The molecule has 0 amide bonds. The van der Waals surface area contributed by atoms with Crippen molar-refractivity contribution in [2.24, 2.45) is 5.92 Å². The van der Waals surface area contributed by atoms with Gasteiger partial charge in [-0.15, -0.1) is 0 Å². The van der Waals surface area contributed by atoms with Gasteiger partial charge in [-0.1, -0.05) is 0 Å². The molecule has 0 radical (unpaired) electrons. The minimum Gasteiger partial charge on any atom is -0.394 e. The second-order valence-electron chi connectivity index (χ2n) is 3.91. The van der Waals surface area contributed by atoms with Crippen LogP contribution in [0.5, 0.6) is 0 Å². The Morgan fingerprint density at radius 3 is 3.00 bits per heavy atom. The van der Waals surface area contributed by atoms with Crippen molar-refractivity contribution in [1.29, 1.82) is 0 Å². The van der Waals surface area contributed by atoms with Crippen molar-refractivity contribution < 1.29 is 14.9 Å². The molecule has 14 heavy (non-hydrogen) atoms. The minimum absolute atomic E-state index is 0.217. The average Bonchev–Trinajstić information content (AvgIpc) is 2.25. The predicted molar refractivity (Wildman–Crippen MR) is 54.1 cm³/mol. The molecule has 0 spiro atoms. The summed E-state index contributed by atoms with van der Waals surface area (Å²) >= 11 is 0. The van der Waals surface area contributed by atoms with Gasteiger partial charge in [0, 0.05) is 6.61 Å². The Labute approximate surface area is 85.3 Å². The molecule has 2 unspecified atom stereocenters. The maximum absolute atomic E-state index is 9.01. The van der Waals surface area contributed by atoms with Gasteiger partial charge in [0.15, 0.2) is 0 Å². The largest absolute Gasteiger partial charge is 0.394 e. The average molecular weight is 203 g/mol. The Balaban J connectivity index is 1.92. The normalized spacial score (nSPS) is 24.9. The van der Waals surface area contributed by atoms with Crippen LogP contribution in [0.4, 0.5) is 0 Å². The first kappa shape index (κ1) is 11.9. The molecule has 1 rings (SSSR count). The van der Waals surface area contributed by atoms with Gasteiger partial charge in [0.05, 0.1) is 13.2 Å². The molecular weight excluding hydrogens is 182 g/mol. The highest BCUT2D eigenvalue weighted by Gasteiger charge is 2.12. The Kier molecular flexibility index (Phi) is 6.10. The highest BCUT2D eigenvalue weighted by atomic mass is 16.5. The van der Waals surface area contributed by atoms with E-state index in [-0.39, 0.29) is 13.2 Å². The van der Waals surface area contributed by atoms with Gasteiger partial charge in [0.1, 0.15) is 6.10 Å². The van der Waals surface area contributed by atoms with Crippen molar-refractivity contribution in [3.05, 3.63) is 0 Å². The van der Waals surface area contributed by atoms with Crippen molar-refractivity contribution >= 4 is 0 Å². The van der Waals surface area contributed by atoms with Crippen LogP contribution < -0.4 is 5.32 Å². The molecule has 2 atom stereocenters. The van der Waals surface area contributed by atoms with E-state index in [0.29, 0.717) is 6.61 Å². The number of piperidine rings is 1. The molecule has 4 nitrogen and oxygen atoms in total. The fourth-order valence-corrected chi connectivity index (χ4v) is 1.69. The van der Waals surface area contributed by atoms with Crippen molar-refractivity contribution in [2.75, 3.05) is 32.9 Å². The Hall–Kier alpha value is -0.160. The zero-order chi connectivity index (χ0) is 10.2. The molecule has 0 aliphatic carbocycles. The van der Waals surface area contributed by atoms with Gasteiger partial charge in [-0.25, -0.2) is 0 Å². The summed E-state index contributed by atoms with van der Waals surface area (Å²) in [6.45, 7) is 2.94. The summed E-state index contributed by atoms with van der Waals surface area (Å²) < 4.78 is 5.25. The third kappa shape index (κ3) is 4.91. The number of ether oxygens (including phenoxy) is 1. The molecule has 3 N–H and O–H groups in total. The summed E-state index contributed by atoms with van der Waals surface area (Å²) in [4.78, 5) is 0. The first-order chi connectivity index (χ1) is 6.83. The molecule has 0 aromatic rings. The summed E-state index contributed by atoms with van der Waals surface area (Å²) in [6.07, 6.45) is 2.85. The number of rotatable bonds is 6. The predicted octanol–water partition coefficient (Wildman–Crippen LogP) is -0.254. The second kappa shape index (κ2) is 7.17. The lowest BCUT2D eigenvalue weighted by Gasteiger charge is -2.22. The fourth-order valence-electron chi connectivity index (χ4n) is 1.69. The summed E-state index contributed by atoms with van der Waals surface area (Å²) in [5.74, 6) is 0.718. The monoisotopic (exact) mass is 203 g/mol. The van der Waals surface area contributed by atoms with Crippen molar-refractivity contribution in [3.63, 3.8) is 0 Å². The quantitative estimate of drug-likeness (QED) is 0.521. The van der Waals surface area contributed by atoms with Gasteiger partial charge in [0.25, 0.3) is 0 Å². The molecule has 4 heteroatoms. The number of nitrogens with one attached hydrogen (secondary N) is 1. The summed E-state index contributed by atoms with van der Waals surface area (Å²) in [5.41, 5.74) is 0. The van der Waals surface area contributed by atoms with Gasteiger partial charge in [-0.3, -0.25) is 0 Å². The van der Waals surface area contributed by atoms with Crippen LogP contribution in [0, 0.1) is 5.92 Å². The van der Waals surface area contributed by atoms with Gasteiger partial charge in [-0.05, 0) is 38.3 Å². The first-order valence-corrected chi connectivity index (χ1v) is 5.40. The van der Waals surface area contributed by atoms with Gasteiger partial charge in [0.2, 0.25) is 0 Å². The summed E-state index contributed by atoms with van der Waals surface area (Å²) in [7, 11) is 0. The van der Waals surface area contributed by atoms with E-state index in [1.54, 1.807) is 0 Å². The minimum atomic E-state index is -0.723. The molecule has 1 aliphatic heterocycles. The van der Waals surface area contributed by atoms with E-state index in [9.17, 15) is 0 Å². The van der Waals surface area contributed by atoms with E-state index in [2.05, 4.69) is 5.32 Å². The molecule has 0 bridgehead atoms. The second-order valence-corrected chi connectivity index (χ2v) is 3.91. The Morgan fingerprint density at radius 2 is 2.36 bits per heavy atom. The van der Waals surface area contributed by atoms with Crippen molar-refractivity contribution in [1.82, 2.24) is 5.32 Å². The lowest BCUT2D eigenvalue weighted by Crippen LogP contribution is -2.30. The van der Waals surface area contributed by atoms with E-state index >= 15 is 0 Å². The lowest BCUT2D eigenvalue weighted by atomic mass is 9.97. The topological polar surface area (TPSA) is 61.7 Å². The molecule has 1 heterocycles. The van der Waals surface area contributed by atoms with Crippen LogP contribution in [0.15, 0.2) is 0 Å². The molecular formula is C10H21NO3. The van der Waals surface area contributed by atoms with Crippen molar-refractivity contribution in [2.45, 2.75) is 25.4 Å². The molecule has 0 aromatic heterocycles. The van der Waals surface area contributed by atoms with E-state index < -0.39 is 6.10 Å². The number of hydrogen-bond acceptors (Lipinski definition) is 4. The third-order valence-electron chi connectivity index (χ3n) is 2.59. The van der Waals surface area contributed by atoms with Gasteiger partial charge < -0.3 is 20.3 Å². The first-order valence-electron chi connectivity index (χ1n) is 5.40. The molecule has 84 valence electrons. The zero-order valence-corrected chi connectivity index (χ0v) is 8.61. The van der Waals surface area contributed by atoms with E-state index in [4.69, 9.17) is 14.9 Å². The van der Waals surface area contributed by atoms with Crippen LogP contribution in [-0.4, -0.2) is 49.2 Å². The maximum Gasteiger partial charge on any atom is 0.100 e. The standard InChI is InChI=1S/C10H21NO3/c12-7-10(13)8-14-5-3-9-2-1-4-11-6-9/h9-13H,1-8H2. The van der Waals surface area contributed by atoms with Gasteiger partial charge >= 0.3 is 0 Å². The molecule has 0 aromatic carbocycles. The fraction of sp³-hybridized carbons (Fsp3) is 1.00. The number of hydrogen-bond donors (Lipinski definition) is 3. The van der Waals surface area contributed by atoms with E-state index in [0.717, 1.165) is 25.4 Å². The smallest absolute Gasteiger partial charge is 0.100 e. The third-order valence-corrected chi connectivity index (χ3v) is 2.59. The van der Waals surface area contributed by atoms with E-state index in [1.165, 1.54) is 12.8 Å². The SMILES string of the molecule is OCC(O)COCCC1CCCNC1. The zero-order valence-electron chi connectivity index (χ0n) is 8.61. The molecule has 1 saturated heterocycles. The number of aliphatic hydroxyl groups excluding tert-OH is 2. The Morgan fingerprint density at radius 1 is 1.50 bits per heavy atom. The maximum atomic E-state index is 9.01. The van der Waals surface area contributed by atoms with Crippen LogP contribution in [-0.2, 0) is 4.74 Å².